The minimum atomic E-state index is -4.44. The van der Waals surface area contributed by atoms with Gasteiger partial charge in [-0.25, -0.2) is 4.39 Å². The molecule has 1 amide bonds. The first kappa shape index (κ1) is 20.9. The Bertz CT molecular complexity index is 777. The Balaban J connectivity index is 2.02. The van der Waals surface area contributed by atoms with Gasteiger partial charge in [-0.05, 0) is 43.3 Å². The number of hydrogen-bond donors (Lipinski definition) is 0. The Labute approximate surface area is 156 Å². The van der Waals surface area contributed by atoms with Crippen LogP contribution >= 0.6 is 0 Å². The van der Waals surface area contributed by atoms with Crippen LogP contribution < -0.4 is 0 Å². The minimum Gasteiger partial charge on any atom is -0.338 e. The van der Waals surface area contributed by atoms with Gasteiger partial charge >= 0.3 is 6.18 Å². The van der Waals surface area contributed by atoms with E-state index in [1.807, 2.05) is 0 Å². The van der Waals surface area contributed by atoms with Gasteiger partial charge in [0.05, 0.1) is 12.1 Å². The molecular weight excluding hydrogens is 360 g/mol. The number of carbonyl (C=O) groups excluding carboxylic acids is 1. The third kappa shape index (κ3) is 6.06. The van der Waals surface area contributed by atoms with Gasteiger partial charge in [-0.15, -0.1) is 0 Å². The average Bonchev–Trinajstić information content (AvgIpc) is 2.59. The lowest BCUT2D eigenvalue weighted by atomic mass is 10.1. The van der Waals surface area contributed by atoms with E-state index in [0.29, 0.717) is 12.1 Å². The molecule has 0 aromatic heterocycles. The number of likely N-dealkylation sites (N-methyl/N-ethyl adjacent to an activating group) is 2. The fourth-order valence-electron chi connectivity index (χ4n) is 2.84. The molecule has 0 saturated heterocycles. The molecule has 0 saturated carbocycles. The van der Waals surface area contributed by atoms with Crippen molar-refractivity contribution in [3.8, 4) is 0 Å². The van der Waals surface area contributed by atoms with Crippen LogP contribution in [0.25, 0.3) is 0 Å². The second kappa shape index (κ2) is 8.99. The molecule has 0 bridgehead atoms. The van der Waals surface area contributed by atoms with Gasteiger partial charge in [0.25, 0.3) is 0 Å². The molecule has 146 valence electrons. The molecule has 3 nitrogen and oxygen atoms in total. The van der Waals surface area contributed by atoms with Crippen molar-refractivity contribution >= 4 is 5.91 Å². The maximum atomic E-state index is 13.3. The molecule has 0 aliphatic rings. The number of benzene rings is 2. The van der Waals surface area contributed by atoms with Gasteiger partial charge in [0.1, 0.15) is 5.82 Å². The van der Waals surface area contributed by atoms with Crippen molar-refractivity contribution in [3.63, 3.8) is 0 Å². The van der Waals surface area contributed by atoms with E-state index in [2.05, 4.69) is 0 Å². The summed E-state index contributed by atoms with van der Waals surface area (Å²) >= 11 is 0. The van der Waals surface area contributed by atoms with Crippen molar-refractivity contribution in [3.05, 3.63) is 71.0 Å². The highest BCUT2D eigenvalue weighted by Gasteiger charge is 2.33. The van der Waals surface area contributed by atoms with E-state index < -0.39 is 11.7 Å². The van der Waals surface area contributed by atoms with Crippen LogP contribution in [0, 0.1) is 5.82 Å². The second-order valence-corrected chi connectivity index (χ2v) is 6.37. The van der Waals surface area contributed by atoms with Crippen molar-refractivity contribution in [2.45, 2.75) is 26.2 Å². The van der Waals surface area contributed by atoms with E-state index >= 15 is 0 Å². The van der Waals surface area contributed by atoms with Gasteiger partial charge in [-0.2, -0.15) is 13.2 Å². The molecule has 2 aromatic carbocycles. The van der Waals surface area contributed by atoms with Crippen molar-refractivity contribution in [1.82, 2.24) is 9.80 Å². The molecule has 0 radical (unpaired) electrons. The molecule has 0 aliphatic carbocycles. The summed E-state index contributed by atoms with van der Waals surface area (Å²) in [7, 11) is 1.60. The normalized spacial score (nSPS) is 11.7. The molecule has 0 aliphatic heterocycles. The van der Waals surface area contributed by atoms with Crippen molar-refractivity contribution < 1.29 is 22.4 Å². The van der Waals surface area contributed by atoms with Crippen LogP contribution in [0.15, 0.2) is 48.5 Å². The van der Waals surface area contributed by atoms with E-state index in [9.17, 15) is 22.4 Å². The largest absolute Gasteiger partial charge is 0.416 e. The Kier molecular flexibility index (Phi) is 6.96. The highest BCUT2D eigenvalue weighted by molar-refractivity contribution is 5.78. The molecular formula is C20H22F4N2O. The van der Waals surface area contributed by atoms with E-state index in [-0.39, 0.29) is 36.9 Å². The van der Waals surface area contributed by atoms with Crippen LogP contribution in [0.1, 0.15) is 23.6 Å². The predicted molar refractivity (Wildman–Crippen MR) is 95.3 cm³/mol. The Hall–Kier alpha value is -2.41. The molecule has 0 fully saturated rings. The maximum absolute atomic E-state index is 13.3. The number of rotatable bonds is 7. The number of nitrogens with zero attached hydrogens (tertiary/aromatic N) is 2. The van der Waals surface area contributed by atoms with Crippen molar-refractivity contribution in [2.24, 2.45) is 0 Å². The summed E-state index contributed by atoms with van der Waals surface area (Å²) in [4.78, 5) is 15.6. The Morgan fingerprint density at radius 3 is 2.37 bits per heavy atom. The SMILES string of the molecule is CCN(Cc1cccc(F)c1)C(=O)CN(C)Cc1ccccc1C(F)(F)F. The van der Waals surface area contributed by atoms with E-state index in [1.165, 1.54) is 24.3 Å². The third-order valence-electron chi connectivity index (χ3n) is 4.17. The van der Waals surface area contributed by atoms with Crippen LogP contribution in [0.3, 0.4) is 0 Å². The topological polar surface area (TPSA) is 23.6 Å². The van der Waals surface area contributed by atoms with Crippen LogP contribution in [-0.2, 0) is 24.1 Å². The molecule has 0 spiro atoms. The quantitative estimate of drug-likeness (QED) is 0.666. The van der Waals surface area contributed by atoms with Crippen LogP contribution in [0.4, 0.5) is 17.6 Å². The maximum Gasteiger partial charge on any atom is 0.416 e. The minimum absolute atomic E-state index is 0.00105. The van der Waals surface area contributed by atoms with E-state index in [0.717, 1.165) is 6.07 Å². The fraction of sp³-hybridized carbons (Fsp3) is 0.350. The van der Waals surface area contributed by atoms with Crippen molar-refractivity contribution in [2.75, 3.05) is 20.1 Å². The predicted octanol–water partition coefficient (Wildman–Crippen LogP) is 4.33. The summed E-state index contributed by atoms with van der Waals surface area (Å²) in [6.45, 7) is 2.44. The van der Waals surface area contributed by atoms with Gasteiger partial charge in [-0.1, -0.05) is 30.3 Å². The van der Waals surface area contributed by atoms with Gasteiger partial charge in [0.2, 0.25) is 5.91 Å². The lowest BCUT2D eigenvalue weighted by Gasteiger charge is -2.25. The standard InChI is InChI=1S/C20H22F4N2O/c1-3-26(12-15-7-6-9-17(21)11-15)19(27)14-25(2)13-16-8-4-5-10-18(16)20(22,23)24/h4-11H,3,12-14H2,1-2H3. The Morgan fingerprint density at radius 2 is 1.74 bits per heavy atom. The van der Waals surface area contributed by atoms with E-state index in [4.69, 9.17) is 0 Å². The lowest BCUT2D eigenvalue weighted by molar-refractivity contribution is -0.138. The summed E-state index contributed by atoms with van der Waals surface area (Å²) < 4.78 is 52.6. The zero-order chi connectivity index (χ0) is 20.0. The van der Waals surface area contributed by atoms with Gasteiger partial charge in [0, 0.05) is 19.6 Å². The first-order valence-corrected chi connectivity index (χ1v) is 8.56. The van der Waals surface area contributed by atoms with Gasteiger partial charge in [-0.3, -0.25) is 9.69 Å². The number of halogens is 4. The molecule has 0 atom stereocenters. The molecule has 0 unspecified atom stereocenters. The average molecular weight is 382 g/mol. The number of carbonyl (C=O) groups is 1. The van der Waals surface area contributed by atoms with Crippen LogP contribution in [0.2, 0.25) is 0 Å². The molecule has 0 N–H and O–H groups in total. The number of alkyl halides is 3. The highest BCUT2D eigenvalue weighted by Crippen LogP contribution is 2.32. The number of hydrogen-bond acceptors (Lipinski definition) is 2. The molecule has 0 heterocycles. The monoisotopic (exact) mass is 382 g/mol. The zero-order valence-electron chi connectivity index (χ0n) is 15.3. The van der Waals surface area contributed by atoms with Crippen molar-refractivity contribution in [1.29, 1.82) is 0 Å². The Morgan fingerprint density at radius 1 is 1.04 bits per heavy atom. The summed E-state index contributed by atoms with van der Waals surface area (Å²) in [5.41, 5.74) is 0.0835. The van der Waals surface area contributed by atoms with Gasteiger partial charge in [0.15, 0.2) is 0 Å². The first-order chi connectivity index (χ1) is 12.7. The molecule has 2 aromatic rings. The summed E-state index contributed by atoms with van der Waals surface area (Å²) in [6, 6.07) is 11.3. The third-order valence-corrected chi connectivity index (χ3v) is 4.17. The first-order valence-electron chi connectivity index (χ1n) is 8.56. The summed E-state index contributed by atoms with van der Waals surface area (Å²) in [6.07, 6.45) is -4.44. The second-order valence-electron chi connectivity index (χ2n) is 6.37. The molecule has 7 heteroatoms. The fourth-order valence-corrected chi connectivity index (χ4v) is 2.84. The zero-order valence-corrected chi connectivity index (χ0v) is 15.3. The lowest BCUT2D eigenvalue weighted by Crippen LogP contribution is -2.38. The van der Waals surface area contributed by atoms with Crippen LogP contribution in [0.5, 0.6) is 0 Å². The molecule has 2 rings (SSSR count). The highest BCUT2D eigenvalue weighted by atomic mass is 19.4. The van der Waals surface area contributed by atoms with Crippen LogP contribution in [-0.4, -0.2) is 35.8 Å². The van der Waals surface area contributed by atoms with Gasteiger partial charge < -0.3 is 4.90 Å². The summed E-state index contributed by atoms with van der Waals surface area (Å²) in [5, 5.41) is 0. The number of amides is 1. The smallest absolute Gasteiger partial charge is 0.338 e. The molecule has 27 heavy (non-hydrogen) atoms. The van der Waals surface area contributed by atoms with E-state index in [1.54, 1.807) is 42.0 Å². The summed E-state index contributed by atoms with van der Waals surface area (Å²) in [5.74, 6) is -0.606.